The molecule has 0 aliphatic carbocycles. The Bertz CT molecular complexity index is 805. The van der Waals surface area contributed by atoms with Gasteiger partial charge < -0.3 is 9.30 Å². The monoisotopic (exact) mass is 390 g/mol. The molecular formula is C18H19BrN2OS. The summed E-state index contributed by atoms with van der Waals surface area (Å²) in [6.07, 6.45) is 0. The molecule has 0 saturated heterocycles. The van der Waals surface area contributed by atoms with Crippen molar-refractivity contribution in [1.82, 2.24) is 9.55 Å². The Morgan fingerprint density at radius 1 is 1.22 bits per heavy atom. The average molecular weight is 391 g/mol. The third kappa shape index (κ3) is 3.42. The minimum absolute atomic E-state index is 0.719. The molecule has 3 rings (SSSR count). The standard InChI is InChI=1S/C18H19BrN2OS/c1-12-10-16(13(2)21(12)8-9-22-3)17-11-23-18(20-17)14-4-6-15(19)7-5-14/h4-7,10-11H,8-9H2,1-3H3. The van der Waals surface area contributed by atoms with Crippen molar-refractivity contribution in [2.75, 3.05) is 13.7 Å². The van der Waals surface area contributed by atoms with E-state index in [4.69, 9.17) is 9.72 Å². The van der Waals surface area contributed by atoms with E-state index in [1.165, 1.54) is 17.0 Å². The van der Waals surface area contributed by atoms with Crippen molar-refractivity contribution in [1.29, 1.82) is 0 Å². The number of halogens is 1. The van der Waals surface area contributed by atoms with Crippen LogP contribution in [0.25, 0.3) is 21.8 Å². The van der Waals surface area contributed by atoms with Crippen LogP contribution in [0.4, 0.5) is 0 Å². The summed E-state index contributed by atoms with van der Waals surface area (Å²) in [5, 5.41) is 3.19. The molecule has 0 atom stereocenters. The Morgan fingerprint density at radius 2 is 1.96 bits per heavy atom. The van der Waals surface area contributed by atoms with Crippen molar-refractivity contribution in [2.24, 2.45) is 0 Å². The van der Waals surface area contributed by atoms with Crippen LogP contribution in [0.3, 0.4) is 0 Å². The normalized spacial score (nSPS) is 11.1. The molecule has 0 saturated carbocycles. The molecule has 0 amide bonds. The van der Waals surface area contributed by atoms with Crippen LogP contribution in [0.2, 0.25) is 0 Å². The van der Waals surface area contributed by atoms with Crippen LogP contribution in [-0.4, -0.2) is 23.3 Å². The molecule has 0 fully saturated rings. The number of aromatic nitrogens is 2. The number of benzene rings is 1. The lowest BCUT2D eigenvalue weighted by molar-refractivity contribution is 0.186. The second-order valence-corrected chi connectivity index (χ2v) is 7.25. The van der Waals surface area contributed by atoms with Crippen LogP contribution in [0.1, 0.15) is 11.4 Å². The predicted molar refractivity (Wildman–Crippen MR) is 100 cm³/mol. The van der Waals surface area contributed by atoms with Gasteiger partial charge >= 0.3 is 0 Å². The third-order valence-electron chi connectivity index (χ3n) is 3.96. The number of rotatable bonds is 5. The number of hydrogen-bond acceptors (Lipinski definition) is 3. The van der Waals surface area contributed by atoms with Crippen molar-refractivity contribution in [3.8, 4) is 21.8 Å². The van der Waals surface area contributed by atoms with Gasteiger partial charge in [-0.15, -0.1) is 11.3 Å². The summed E-state index contributed by atoms with van der Waals surface area (Å²) in [4.78, 5) is 4.83. The molecule has 3 aromatic rings. The molecule has 0 N–H and O–H groups in total. The minimum atomic E-state index is 0.719. The summed E-state index contributed by atoms with van der Waals surface area (Å²) in [6.45, 7) is 5.87. The Labute approximate surface area is 149 Å². The van der Waals surface area contributed by atoms with Crippen LogP contribution in [0.15, 0.2) is 40.2 Å². The first-order chi connectivity index (χ1) is 11.1. The molecule has 0 unspecified atom stereocenters. The maximum Gasteiger partial charge on any atom is 0.124 e. The van der Waals surface area contributed by atoms with E-state index >= 15 is 0 Å². The van der Waals surface area contributed by atoms with E-state index in [2.05, 4.69) is 57.9 Å². The zero-order valence-electron chi connectivity index (χ0n) is 13.5. The molecule has 2 aromatic heterocycles. The van der Waals surface area contributed by atoms with E-state index in [1.807, 2.05) is 12.1 Å². The van der Waals surface area contributed by atoms with E-state index in [0.29, 0.717) is 0 Å². The van der Waals surface area contributed by atoms with Gasteiger partial charge in [-0.2, -0.15) is 0 Å². The van der Waals surface area contributed by atoms with Crippen LogP contribution in [0.5, 0.6) is 0 Å². The van der Waals surface area contributed by atoms with Gasteiger partial charge in [-0.1, -0.05) is 28.1 Å². The zero-order valence-corrected chi connectivity index (χ0v) is 15.9. The highest BCUT2D eigenvalue weighted by Gasteiger charge is 2.14. The number of ether oxygens (including phenoxy) is 1. The van der Waals surface area contributed by atoms with E-state index in [-0.39, 0.29) is 0 Å². The number of thiazole rings is 1. The van der Waals surface area contributed by atoms with Crippen molar-refractivity contribution in [2.45, 2.75) is 20.4 Å². The summed E-state index contributed by atoms with van der Waals surface area (Å²) < 4.78 is 8.58. The number of methoxy groups -OCH3 is 1. The fourth-order valence-corrected chi connectivity index (χ4v) is 3.80. The summed E-state index contributed by atoms with van der Waals surface area (Å²) in [5.41, 5.74) is 5.89. The van der Waals surface area contributed by atoms with Gasteiger partial charge in [-0.05, 0) is 32.0 Å². The van der Waals surface area contributed by atoms with Crippen molar-refractivity contribution in [3.05, 3.63) is 51.6 Å². The average Bonchev–Trinajstić information content (AvgIpc) is 3.12. The maximum atomic E-state index is 5.20. The predicted octanol–water partition coefficient (Wildman–Crippen LogP) is 5.30. The molecule has 0 spiro atoms. The second kappa shape index (κ2) is 6.99. The topological polar surface area (TPSA) is 27.1 Å². The summed E-state index contributed by atoms with van der Waals surface area (Å²) in [7, 11) is 1.74. The van der Waals surface area contributed by atoms with Crippen molar-refractivity contribution in [3.63, 3.8) is 0 Å². The molecular weight excluding hydrogens is 372 g/mol. The van der Waals surface area contributed by atoms with Crippen LogP contribution >= 0.6 is 27.3 Å². The zero-order chi connectivity index (χ0) is 16.4. The molecule has 3 nitrogen and oxygen atoms in total. The highest BCUT2D eigenvalue weighted by atomic mass is 79.9. The Morgan fingerprint density at radius 3 is 2.65 bits per heavy atom. The summed E-state index contributed by atoms with van der Waals surface area (Å²) in [5.74, 6) is 0. The number of nitrogens with zero attached hydrogens (tertiary/aromatic N) is 2. The summed E-state index contributed by atoms with van der Waals surface area (Å²) >= 11 is 5.16. The minimum Gasteiger partial charge on any atom is -0.383 e. The van der Waals surface area contributed by atoms with Crippen molar-refractivity contribution < 1.29 is 4.74 Å². The SMILES string of the molecule is COCCn1c(C)cc(-c2csc(-c3ccc(Br)cc3)n2)c1C. The van der Waals surface area contributed by atoms with Gasteiger partial charge in [0.25, 0.3) is 0 Å². The van der Waals surface area contributed by atoms with Crippen molar-refractivity contribution >= 4 is 27.3 Å². The molecule has 120 valence electrons. The molecule has 0 aliphatic heterocycles. The third-order valence-corrected chi connectivity index (χ3v) is 5.38. The number of aryl methyl sites for hydroxylation is 1. The Kier molecular flexibility index (Phi) is 4.99. The first-order valence-electron chi connectivity index (χ1n) is 7.47. The lowest BCUT2D eigenvalue weighted by atomic mass is 10.2. The van der Waals surface area contributed by atoms with Gasteiger partial charge in [0.15, 0.2) is 0 Å². The Balaban J connectivity index is 1.93. The largest absolute Gasteiger partial charge is 0.383 e. The number of hydrogen-bond donors (Lipinski definition) is 0. The highest BCUT2D eigenvalue weighted by Crippen LogP contribution is 2.32. The smallest absolute Gasteiger partial charge is 0.124 e. The quantitative estimate of drug-likeness (QED) is 0.590. The van der Waals surface area contributed by atoms with Crippen LogP contribution < -0.4 is 0 Å². The lowest BCUT2D eigenvalue weighted by Crippen LogP contribution is -2.07. The molecule has 0 bridgehead atoms. The molecule has 0 radical (unpaired) electrons. The molecule has 5 heteroatoms. The fourth-order valence-electron chi connectivity index (χ4n) is 2.71. The van der Waals surface area contributed by atoms with Crippen LogP contribution in [-0.2, 0) is 11.3 Å². The van der Waals surface area contributed by atoms with Crippen LogP contribution in [0, 0.1) is 13.8 Å². The van der Waals surface area contributed by atoms with E-state index in [1.54, 1.807) is 18.4 Å². The van der Waals surface area contributed by atoms with Gasteiger partial charge in [0, 0.05) is 46.0 Å². The van der Waals surface area contributed by atoms with Gasteiger partial charge in [0.1, 0.15) is 5.01 Å². The Hall–Kier alpha value is -1.43. The fraction of sp³-hybridized carbons (Fsp3) is 0.278. The van der Waals surface area contributed by atoms with E-state index < -0.39 is 0 Å². The molecule has 23 heavy (non-hydrogen) atoms. The highest BCUT2D eigenvalue weighted by molar-refractivity contribution is 9.10. The van der Waals surface area contributed by atoms with E-state index in [9.17, 15) is 0 Å². The first-order valence-corrected chi connectivity index (χ1v) is 9.15. The molecule has 2 heterocycles. The maximum absolute atomic E-state index is 5.20. The van der Waals surface area contributed by atoms with E-state index in [0.717, 1.165) is 33.9 Å². The van der Waals surface area contributed by atoms with Gasteiger partial charge in [0.2, 0.25) is 0 Å². The van der Waals surface area contributed by atoms with Gasteiger partial charge in [-0.3, -0.25) is 0 Å². The summed E-state index contributed by atoms with van der Waals surface area (Å²) in [6, 6.07) is 10.5. The second-order valence-electron chi connectivity index (χ2n) is 5.47. The van der Waals surface area contributed by atoms with Gasteiger partial charge in [0.05, 0.1) is 12.3 Å². The molecule has 0 aliphatic rings. The first kappa shape index (κ1) is 16.4. The molecule has 1 aromatic carbocycles. The van der Waals surface area contributed by atoms with Gasteiger partial charge in [-0.25, -0.2) is 4.98 Å². The lowest BCUT2D eigenvalue weighted by Gasteiger charge is -2.08.